The van der Waals surface area contributed by atoms with Gasteiger partial charge in [0.15, 0.2) is 0 Å². The molecule has 1 unspecified atom stereocenters. The fourth-order valence-electron chi connectivity index (χ4n) is 1.42. The van der Waals surface area contributed by atoms with Crippen LogP contribution in [-0.4, -0.2) is 23.8 Å². The lowest BCUT2D eigenvalue weighted by Gasteiger charge is -2.15. The first-order valence-corrected chi connectivity index (χ1v) is 5.24. The quantitative estimate of drug-likeness (QED) is 0.777. The van der Waals surface area contributed by atoms with Crippen LogP contribution in [0.4, 0.5) is 4.39 Å². The number of nitrogens with one attached hydrogen (secondary N) is 1. The summed E-state index contributed by atoms with van der Waals surface area (Å²) in [5.74, 6) is -0.205. The Morgan fingerprint density at radius 3 is 2.40 bits per heavy atom. The number of hydrogen-bond acceptors (Lipinski definition) is 2. The maximum Gasteiger partial charge on any atom is 0.123 e. The van der Waals surface area contributed by atoms with E-state index in [1.807, 2.05) is 6.92 Å². The molecular weight excluding hydrogens is 193 g/mol. The highest BCUT2D eigenvalue weighted by Gasteiger charge is 2.04. The monoisotopic (exact) mass is 211 g/mol. The molecule has 0 saturated heterocycles. The molecule has 0 heterocycles. The minimum absolute atomic E-state index is 0.205. The van der Waals surface area contributed by atoms with Gasteiger partial charge in [-0.15, -0.1) is 0 Å². The number of hydrogen-bond donors (Lipinski definition) is 2. The average molecular weight is 211 g/mol. The van der Waals surface area contributed by atoms with Crippen molar-refractivity contribution in [3.05, 3.63) is 35.6 Å². The molecule has 0 radical (unpaired) electrons. The van der Waals surface area contributed by atoms with Crippen LogP contribution in [0, 0.1) is 5.82 Å². The van der Waals surface area contributed by atoms with Gasteiger partial charge in [0.2, 0.25) is 0 Å². The van der Waals surface area contributed by atoms with Crippen LogP contribution in [0.2, 0.25) is 0 Å². The van der Waals surface area contributed by atoms with Crippen LogP contribution in [0.1, 0.15) is 19.4 Å². The molecule has 1 aromatic carbocycles. The molecular formula is C12H18FNO. The molecule has 0 aromatic heterocycles. The van der Waals surface area contributed by atoms with Crippen LogP contribution < -0.4 is 5.32 Å². The topological polar surface area (TPSA) is 32.3 Å². The zero-order valence-corrected chi connectivity index (χ0v) is 9.20. The number of rotatable bonds is 5. The van der Waals surface area contributed by atoms with E-state index in [0.717, 1.165) is 12.0 Å². The smallest absolute Gasteiger partial charge is 0.123 e. The fraction of sp³-hybridized carbons (Fsp3) is 0.500. The van der Waals surface area contributed by atoms with Crippen LogP contribution in [0.25, 0.3) is 0 Å². The van der Waals surface area contributed by atoms with Gasteiger partial charge < -0.3 is 10.4 Å². The Kier molecular flexibility index (Phi) is 4.72. The third kappa shape index (κ3) is 4.91. The van der Waals surface area contributed by atoms with Gasteiger partial charge in [0.25, 0.3) is 0 Å². The molecule has 0 saturated carbocycles. The fourth-order valence-corrected chi connectivity index (χ4v) is 1.42. The summed E-state index contributed by atoms with van der Waals surface area (Å²) in [4.78, 5) is 0. The highest BCUT2D eigenvalue weighted by molar-refractivity contribution is 5.16. The van der Waals surface area contributed by atoms with E-state index in [2.05, 4.69) is 5.32 Å². The van der Waals surface area contributed by atoms with Gasteiger partial charge in [-0.3, -0.25) is 0 Å². The van der Waals surface area contributed by atoms with E-state index in [1.165, 1.54) is 12.1 Å². The van der Waals surface area contributed by atoms with E-state index in [4.69, 9.17) is 5.11 Å². The molecule has 2 atom stereocenters. The summed E-state index contributed by atoms with van der Waals surface area (Å²) in [6, 6.07) is 6.80. The number of aliphatic hydroxyl groups is 1. The second-order valence-corrected chi connectivity index (χ2v) is 3.99. The second kappa shape index (κ2) is 5.83. The summed E-state index contributed by atoms with van der Waals surface area (Å²) < 4.78 is 12.6. The maximum atomic E-state index is 12.6. The Morgan fingerprint density at radius 1 is 1.27 bits per heavy atom. The van der Waals surface area contributed by atoms with Gasteiger partial charge in [-0.25, -0.2) is 4.39 Å². The van der Waals surface area contributed by atoms with Gasteiger partial charge >= 0.3 is 0 Å². The van der Waals surface area contributed by atoms with Crippen molar-refractivity contribution in [2.75, 3.05) is 6.54 Å². The summed E-state index contributed by atoms with van der Waals surface area (Å²) in [6.07, 6.45) is 0.508. The van der Waals surface area contributed by atoms with E-state index in [-0.39, 0.29) is 18.0 Å². The van der Waals surface area contributed by atoms with Crippen LogP contribution >= 0.6 is 0 Å². The molecule has 2 N–H and O–H groups in total. The summed E-state index contributed by atoms with van der Waals surface area (Å²) in [5, 5.41) is 12.3. The van der Waals surface area contributed by atoms with E-state index in [9.17, 15) is 4.39 Å². The van der Waals surface area contributed by atoms with Crippen LogP contribution in [0.15, 0.2) is 24.3 Å². The van der Waals surface area contributed by atoms with Crippen molar-refractivity contribution in [2.45, 2.75) is 32.4 Å². The van der Waals surface area contributed by atoms with Gasteiger partial charge in [-0.2, -0.15) is 0 Å². The van der Waals surface area contributed by atoms with Gasteiger partial charge in [-0.1, -0.05) is 12.1 Å². The van der Waals surface area contributed by atoms with Gasteiger partial charge in [0.05, 0.1) is 6.10 Å². The predicted octanol–water partition coefficient (Wildman–Crippen LogP) is 1.73. The average Bonchev–Trinajstić information content (AvgIpc) is 2.19. The summed E-state index contributed by atoms with van der Waals surface area (Å²) in [5.41, 5.74) is 1.10. The summed E-state index contributed by atoms with van der Waals surface area (Å²) >= 11 is 0. The first-order chi connectivity index (χ1) is 7.08. The Morgan fingerprint density at radius 2 is 1.87 bits per heavy atom. The van der Waals surface area contributed by atoms with Crippen molar-refractivity contribution < 1.29 is 9.50 Å². The van der Waals surface area contributed by atoms with Crippen LogP contribution in [0.3, 0.4) is 0 Å². The Labute approximate surface area is 90.1 Å². The first kappa shape index (κ1) is 12.1. The first-order valence-electron chi connectivity index (χ1n) is 5.24. The van der Waals surface area contributed by atoms with Crippen molar-refractivity contribution in [1.82, 2.24) is 5.32 Å². The zero-order chi connectivity index (χ0) is 11.3. The molecule has 0 bridgehead atoms. The molecule has 1 rings (SSSR count). The normalized spacial score (nSPS) is 14.9. The summed E-state index contributed by atoms with van der Waals surface area (Å²) in [6.45, 7) is 4.38. The van der Waals surface area contributed by atoms with Crippen molar-refractivity contribution in [3.8, 4) is 0 Å². The Hall–Kier alpha value is -0.930. The minimum Gasteiger partial charge on any atom is -0.392 e. The van der Waals surface area contributed by atoms with Crippen molar-refractivity contribution in [1.29, 1.82) is 0 Å². The highest BCUT2D eigenvalue weighted by atomic mass is 19.1. The number of aliphatic hydroxyl groups excluding tert-OH is 1. The lowest BCUT2D eigenvalue weighted by Crippen LogP contribution is -2.33. The molecule has 1 aromatic rings. The number of halogens is 1. The van der Waals surface area contributed by atoms with Crippen LogP contribution in [0.5, 0.6) is 0 Å². The Bertz CT molecular complexity index is 284. The molecule has 2 nitrogen and oxygen atoms in total. The second-order valence-electron chi connectivity index (χ2n) is 3.99. The van der Waals surface area contributed by atoms with Gasteiger partial charge in [-0.05, 0) is 38.0 Å². The molecule has 0 aliphatic heterocycles. The SMILES string of the molecule is CC(Cc1ccc(F)cc1)NC[C@@H](C)O. The van der Waals surface area contributed by atoms with Gasteiger partial charge in [0, 0.05) is 12.6 Å². The van der Waals surface area contributed by atoms with E-state index in [1.54, 1.807) is 19.1 Å². The standard InChI is InChI=1S/C12H18FNO/c1-9(14-8-10(2)15)7-11-3-5-12(13)6-4-11/h3-6,9-10,14-15H,7-8H2,1-2H3/t9?,10-/m1/s1. The number of benzene rings is 1. The van der Waals surface area contributed by atoms with E-state index >= 15 is 0 Å². The lowest BCUT2D eigenvalue weighted by atomic mass is 10.1. The molecule has 0 spiro atoms. The zero-order valence-electron chi connectivity index (χ0n) is 9.20. The van der Waals surface area contributed by atoms with Crippen molar-refractivity contribution in [2.24, 2.45) is 0 Å². The molecule has 0 aliphatic carbocycles. The third-order valence-corrected chi connectivity index (χ3v) is 2.22. The molecule has 3 heteroatoms. The molecule has 0 fully saturated rings. The highest BCUT2D eigenvalue weighted by Crippen LogP contribution is 2.05. The molecule has 0 aliphatic rings. The molecule has 15 heavy (non-hydrogen) atoms. The maximum absolute atomic E-state index is 12.6. The van der Waals surface area contributed by atoms with E-state index < -0.39 is 0 Å². The predicted molar refractivity (Wildman–Crippen MR) is 59.2 cm³/mol. The van der Waals surface area contributed by atoms with Crippen molar-refractivity contribution in [3.63, 3.8) is 0 Å². The molecule has 84 valence electrons. The Balaban J connectivity index is 2.37. The minimum atomic E-state index is -0.333. The molecule has 0 amide bonds. The van der Waals surface area contributed by atoms with Crippen LogP contribution in [-0.2, 0) is 6.42 Å². The van der Waals surface area contributed by atoms with Gasteiger partial charge in [0.1, 0.15) is 5.82 Å². The van der Waals surface area contributed by atoms with Crippen molar-refractivity contribution >= 4 is 0 Å². The largest absolute Gasteiger partial charge is 0.392 e. The summed E-state index contributed by atoms with van der Waals surface area (Å²) in [7, 11) is 0. The lowest BCUT2D eigenvalue weighted by molar-refractivity contribution is 0.187. The van der Waals surface area contributed by atoms with E-state index in [0.29, 0.717) is 6.54 Å². The third-order valence-electron chi connectivity index (χ3n) is 2.22.